The number of carbonyl (C=O) groups is 1. The summed E-state index contributed by atoms with van der Waals surface area (Å²) in [6.07, 6.45) is 0. The van der Waals surface area contributed by atoms with Crippen LogP contribution in [0.4, 0.5) is 0 Å². The Bertz CT molecular complexity index is 636. The smallest absolute Gasteiger partial charge is 0.333 e. The van der Waals surface area contributed by atoms with Crippen molar-refractivity contribution in [3.05, 3.63) is 28.8 Å². The van der Waals surface area contributed by atoms with Crippen LogP contribution in [0.1, 0.15) is 62.0 Å². The lowest BCUT2D eigenvalue weighted by molar-refractivity contribution is 0.106. The fourth-order valence-electron chi connectivity index (χ4n) is 1.82. The molecule has 0 radical (unpaired) electrons. The van der Waals surface area contributed by atoms with Gasteiger partial charge in [0.05, 0.1) is 5.56 Å². The second-order valence-electron chi connectivity index (χ2n) is 6.13. The van der Waals surface area contributed by atoms with Gasteiger partial charge in [-0.05, 0) is 28.5 Å². The zero-order chi connectivity index (χ0) is 15.9. The molecule has 0 aliphatic rings. The number of rotatable bonds is 2. The maximum Gasteiger partial charge on any atom is 0.333 e. The molecule has 0 atom stereocenters. The second kappa shape index (κ2) is 5.18. The van der Waals surface area contributed by atoms with E-state index < -0.39 is 21.0 Å². The van der Waals surface area contributed by atoms with E-state index in [1.54, 1.807) is 6.07 Å². The van der Waals surface area contributed by atoms with Crippen LogP contribution in [0.15, 0.2) is 12.1 Å². The number of carbonyl (C=O) groups excluding carboxylic acids is 1. The Hall–Kier alpha value is -1.40. The maximum absolute atomic E-state index is 11.7. The van der Waals surface area contributed by atoms with Crippen LogP contribution in [0, 0.1) is 0 Å². The molecular formula is C14H20O5S. The third-order valence-electron chi connectivity index (χ3n) is 3.08. The van der Waals surface area contributed by atoms with Crippen molar-refractivity contribution in [1.29, 1.82) is 0 Å². The minimum atomic E-state index is -4.88. The summed E-state index contributed by atoms with van der Waals surface area (Å²) in [5.74, 6) is -0.485. The SMILES string of the molecule is CC(C)c1cc(C(C)(C)C)cc(C(=O)S(=O)(=O)O)c1O. The van der Waals surface area contributed by atoms with Crippen LogP contribution in [0.5, 0.6) is 5.75 Å². The summed E-state index contributed by atoms with van der Waals surface area (Å²) in [7, 11) is -4.88. The highest BCUT2D eigenvalue weighted by Crippen LogP contribution is 2.35. The van der Waals surface area contributed by atoms with Gasteiger partial charge in [0.1, 0.15) is 5.75 Å². The van der Waals surface area contributed by atoms with Gasteiger partial charge in [0, 0.05) is 0 Å². The van der Waals surface area contributed by atoms with Crippen LogP contribution >= 0.6 is 0 Å². The molecule has 6 heteroatoms. The lowest BCUT2D eigenvalue weighted by Gasteiger charge is -2.23. The van der Waals surface area contributed by atoms with Crippen molar-refractivity contribution in [3.8, 4) is 5.75 Å². The Labute approximate surface area is 119 Å². The summed E-state index contributed by atoms with van der Waals surface area (Å²) in [6.45, 7) is 9.37. The first-order valence-electron chi connectivity index (χ1n) is 6.25. The minimum Gasteiger partial charge on any atom is -0.507 e. The van der Waals surface area contributed by atoms with Gasteiger partial charge in [-0.1, -0.05) is 40.7 Å². The summed E-state index contributed by atoms with van der Waals surface area (Å²) in [6, 6.07) is 3.07. The van der Waals surface area contributed by atoms with Crippen LogP contribution in [-0.2, 0) is 15.5 Å². The normalized spacial score (nSPS) is 12.8. The van der Waals surface area contributed by atoms with E-state index in [1.165, 1.54) is 6.07 Å². The molecule has 0 aliphatic carbocycles. The van der Waals surface area contributed by atoms with E-state index in [0.717, 1.165) is 0 Å². The first kappa shape index (κ1) is 16.7. The summed E-state index contributed by atoms with van der Waals surface area (Å²) >= 11 is 0. The minimum absolute atomic E-state index is 0.0924. The van der Waals surface area contributed by atoms with Crippen LogP contribution < -0.4 is 0 Å². The average Bonchev–Trinajstić information content (AvgIpc) is 2.25. The monoisotopic (exact) mass is 300 g/mol. The van der Waals surface area contributed by atoms with E-state index >= 15 is 0 Å². The van der Waals surface area contributed by atoms with E-state index in [4.69, 9.17) is 4.55 Å². The van der Waals surface area contributed by atoms with Gasteiger partial charge in [-0.3, -0.25) is 9.35 Å². The fourth-order valence-corrected chi connectivity index (χ4v) is 2.26. The maximum atomic E-state index is 11.7. The zero-order valence-electron chi connectivity index (χ0n) is 12.3. The van der Waals surface area contributed by atoms with Gasteiger partial charge in [-0.15, -0.1) is 0 Å². The molecule has 0 fully saturated rings. The highest BCUT2D eigenvalue weighted by Gasteiger charge is 2.28. The predicted molar refractivity (Wildman–Crippen MR) is 76.8 cm³/mol. The van der Waals surface area contributed by atoms with Crippen LogP contribution in [0.2, 0.25) is 0 Å². The molecular weight excluding hydrogens is 280 g/mol. The van der Waals surface area contributed by atoms with Crippen molar-refractivity contribution in [2.75, 3.05) is 0 Å². The number of phenolic OH excluding ortho intramolecular Hbond substituents is 1. The third kappa shape index (κ3) is 3.37. The van der Waals surface area contributed by atoms with Crippen LogP contribution in [0.3, 0.4) is 0 Å². The molecule has 0 saturated heterocycles. The van der Waals surface area contributed by atoms with Crippen molar-refractivity contribution < 1.29 is 22.9 Å². The average molecular weight is 300 g/mol. The molecule has 5 nitrogen and oxygen atoms in total. The molecule has 0 amide bonds. The summed E-state index contributed by atoms with van der Waals surface area (Å²) in [5, 5.41) is 8.60. The molecule has 0 bridgehead atoms. The van der Waals surface area contributed by atoms with Gasteiger partial charge in [0.2, 0.25) is 0 Å². The van der Waals surface area contributed by atoms with E-state index in [2.05, 4.69) is 0 Å². The lowest BCUT2D eigenvalue weighted by atomic mass is 9.83. The van der Waals surface area contributed by atoms with Gasteiger partial charge in [-0.2, -0.15) is 8.42 Å². The summed E-state index contributed by atoms with van der Waals surface area (Å²) < 4.78 is 30.9. The Morgan fingerprint density at radius 1 is 1.20 bits per heavy atom. The lowest BCUT2D eigenvalue weighted by Crippen LogP contribution is -2.18. The number of hydrogen-bond acceptors (Lipinski definition) is 4. The molecule has 1 aromatic carbocycles. The van der Waals surface area contributed by atoms with Crippen molar-refractivity contribution in [3.63, 3.8) is 0 Å². The van der Waals surface area contributed by atoms with Gasteiger partial charge in [0.15, 0.2) is 0 Å². The molecule has 20 heavy (non-hydrogen) atoms. The molecule has 0 saturated carbocycles. The standard InChI is InChI=1S/C14H20O5S/c1-8(2)10-6-9(14(3,4)5)7-11(12(10)15)13(16)20(17,18)19/h6-8,15H,1-5H3,(H,17,18,19). The Morgan fingerprint density at radius 2 is 1.70 bits per heavy atom. The van der Waals surface area contributed by atoms with Crippen molar-refractivity contribution >= 4 is 15.2 Å². The topological polar surface area (TPSA) is 91.7 Å². The van der Waals surface area contributed by atoms with E-state index in [-0.39, 0.29) is 16.9 Å². The molecule has 0 unspecified atom stereocenters. The Balaban J connectivity index is 3.68. The van der Waals surface area contributed by atoms with Crippen molar-refractivity contribution in [2.45, 2.75) is 46.0 Å². The second-order valence-corrected chi connectivity index (χ2v) is 7.45. The van der Waals surface area contributed by atoms with Gasteiger partial charge < -0.3 is 5.11 Å². The molecule has 0 spiro atoms. The summed E-state index contributed by atoms with van der Waals surface area (Å²) in [5.41, 5.74) is 0.477. The largest absolute Gasteiger partial charge is 0.507 e. The molecule has 112 valence electrons. The molecule has 1 rings (SSSR count). The van der Waals surface area contributed by atoms with Gasteiger partial charge >= 0.3 is 15.2 Å². The molecule has 2 N–H and O–H groups in total. The first-order chi connectivity index (χ1) is 8.85. The van der Waals surface area contributed by atoms with E-state index in [9.17, 15) is 18.3 Å². The highest BCUT2D eigenvalue weighted by atomic mass is 32.2. The number of hydrogen-bond donors (Lipinski definition) is 2. The zero-order valence-corrected chi connectivity index (χ0v) is 13.1. The van der Waals surface area contributed by atoms with E-state index in [0.29, 0.717) is 11.1 Å². The molecule has 0 aromatic heterocycles. The Morgan fingerprint density at radius 3 is 2.05 bits per heavy atom. The first-order valence-corrected chi connectivity index (χ1v) is 7.69. The third-order valence-corrected chi connectivity index (χ3v) is 3.77. The fraction of sp³-hybridized carbons (Fsp3) is 0.500. The molecule has 0 heterocycles. The Kier molecular flexibility index (Phi) is 4.31. The number of phenols is 1. The van der Waals surface area contributed by atoms with Crippen molar-refractivity contribution in [1.82, 2.24) is 0 Å². The molecule has 1 aromatic rings. The molecule has 0 aliphatic heterocycles. The quantitative estimate of drug-likeness (QED) is 0.819. The number of aromatic hydroxyl groups is 1. The van der Waals surface area contributed by atoms with E-state index in [1.807, 2.05) is 34.6 Å². The van der Waals surface area contributed by atoms with Crippen molar-refractivity contribution in [2.24, 2.45) is 0 Å². The predicted octanol–water partition coefficient (Wildman–Crippen LogP) is 2.84. The van der Waals surface area contributed by atoms with Gasteiger partial charge in [0.25, 0.3) is 0 Å². The van der Waals surface area contributed by atoms with Crippen LogP contribution in [0.25, 0.3) is 0 Å². The van der Waals surface area contributed by atoms with Gasteiger partial charge in [-0.25, -0.2) is 0 Å². The van der Waals surface area contributed by atoms with Crippen LogP contribution in [-0.4, -0.2) is 23.2 Å². The number of benzene rings is 1. The highest BCUT2D eigenvalue weighted by molar-refractivity contribution is 8.01. The summed E-state index contributed by atoms with van der Waals surface area (Å²) in [4.78, 5) is 11.7.